The van der Waals surface area contributed by atoms with Gasteiger partial charge in [0.1, 0.15) is 5.56 Å². The standard InChI is InChI=1S/C27H27N5O5/c1-16-23(31(34)35)10-20(11-24(16)32(36)37)28-26(33)22-15-30(21-5-3-2-4-6-21)29-25(22)27-12-17-7-18(13-27)9-19(8-17)14-27/h2-6,10-11,15,17-19H,7-9,12-14H2,1H3,(H,28,33). The Bertz CT molecular complexity index is 1360. The number of rotatable bonds is 6. The van der Waals surface area contributed by atoms with Gasteiger partial charge in [-0.15, -0.1) is 0 Å². The van der Waals surface area contributed by atoms with Crippen LogP contribution >= 0.6 is 0 Å². The molecular formula is C27H27N5O5. The Balaban J connectivity index is 1.42. The predicted octanol–water partition coefficient (Wildman–Crippen LogP) is 5.72. The van der Waals surface area contributed by atoms with Crippen LogP contribution in [0.3, 0.4) is 0 Å². The topological polar surface area (TPSA) is 133 Å². The van der Waals surface area contributed by atoms with E-state index in [0.29, 0.717) is 23.3 Å². The molecule has 190 valence electrons. The average molecular weight is 502 g/mol. The van der Waals surface area contributed by atoms with Crippen molar-refractivity contribution in [2.75, 3.05) is 5.32 Å². The predicted molar refractivity (Wildman–Crippen MR) is 136 cm³/mol. The van der Waals surface area contributed by atoms with Crippen LogP contribution in [0.25, 0.3) is 5.69 Å². The summed E-state index contributed by atoms with van der Waals surface area (Å²) >= 11 is 0. The summed E-state index contributed by atoms with van der Waals surface area (Å²) < 4.78 is 1.73. The van der Waals surface area contributed by atoms with Gasteiger partial charge < -0.3 is 5.32 Å². The quantitative estimate of drug-likeness (QED) is 0.339. The minimum absolute atomic E-state index is 0.0120. The largest absolute Gasteiger partial charge is 0.321 e. The summed E-state index contributed by atoms with van der Waals surface area (Å²) in [5, 5.41) is 30.8. The molecule has 10 heteroatoms. The summed E-state index contributed by atoms with van der Waals surface area (Å²) in [7, 11) is 0. The van der Waals surface area contributed by atoms with E-state index in [0.717, 1.165) is 30.6 Å². The maximum atomic E-state index is 13.7. The van der Waals surface area contributed by atoms with E-state index in [-0.39, 0.29) is 16.7 Å². The van der Waals surface area contributed by atoms with Crippen molar-refractivity contribution in [1.82, 2.24) is 9.78 Å². The molecular weight excluding hydrogens is 474 g/mol. The lowest BCUT2D eigenvalue weighted by molar-refractivity contribution is -0.395. The molecule has 4 aliphatic rings. The Labute approximate surface area is 213 Å². The molecule has 0 aliphatic heterocycles. The Morgan fingerprint density at radius 3 is 2.03 bits per heavy atom. The fourth-order valence-electron chi connectivity index (χ4n) is 7.38. The Morgan fingerprint density at radius 1 is 0.973 bits per heavy atom. The number of nitrogens with zero attached hydrogens (tertiary/aromatic N) is 4. The number of anilines is 1. The molecule has 4 saturated carbocycles. The van der Waals surface area contributed by atoms with Gasteiger partial charge in [0.15, 0.2) is 0 Å². The third kappa shape index (κ3) is 3.96. The van der Waals surface area contributed by atoms with E-state index in [9.17, 15) is 25.0 Å². The summed E-state index contributed by atoms with van der Waals surface area (Å²) in [6, 6.07) is 11.9. The molecule has 37 heavy (non-hydrogen) atoms. The molecule has 4 bridgehead atoms. The lowest BCUT2D eigenvalue weighted by Crippen LogP contribution is -2.49. The molecule has 0 radical (unpaired) electrons. The number of hydrogen-bond donors (Lipinski definition) is 1. The molecule has 3 aromatic rings. The lowest BCUT2D eigenvalue weighted by atomic mass is 9.48. The molecule has 0 unspecified atom stereocenters. The van der Waals surface area contributed by atoms with Crippen LogP contribution in [-0.2, 0) is 5.41 Å². The maximum Gasteiger partial charge on any atom is 0.281 e. The van der Waals surface area contributed by atoms with Gasteiger partial charge in [-0.2, -0.15) is 5.10 Å². The fraction of sp³-hybridized carbons (Fsp3) is 0.407. The van der Waals surface area contributed by atoms with E-state index in [2.05, 4.69) is 5.32 Å². The molecule has 1 N–H and O–H groups in total. The molecule has 7 rings (SSSR count). The second kappa shape index (κ2) is 8.50. The maximum absolute atomic E-state index is 13.7. The highest BCUT2D eigenvalue weighted by Crippen LogP contribution is 2.61. The molecule has 1 amide bonds. The highest BCUT2D eigenvalue weighted by molar-refractivity contribution is 6.05. The number of carbonyl (C=O) groups is 1. The van der Waals surface area contributed by atoms with E-state index >= 15 is 0 Å². The van der Waals surface area contributed by atoms with Gasteiger partial charge in [-0.1, -0.05) is 18.2 Å². The van der Waals surface area contributed by atoms with Crippen LogP contribution in [0.2, 0.25) is 0 Å². The number of nitrogens with one attached hydrogen (secondary N) is 1. The summed E-state index contributed by atoms with van der Waals surface area (Å²) in [4.78, 5) is 35.4. The van der Waals surface area contributed by atoms with Gasteiger partial charge in [0.05, 0.1) is 32.5 Å². The van der Waals surface area contributed by atoms with Crippen LogP contribution in [0.4, 0.5) is 17.1 Å². The van der Waals surface area contributed by atoms with Crippen LogP contribution in [0.5, 0.6) is 0 Å². The average Bonchev–Trinajstić information content (AvgIpc) is 3.31. The van der Waals surface area contributed by atoms with Gasteiger partial charge in [-0.25, -0.2) is 4.68 Å². The Morgan fingerprint density at radius 2 is 1.51 bits per heavy atom. The van der Waals surface area contributed by atoms with Gasteiger partial charge >= 0.3 is 0 Å². The first-order valence-electron chi connectivity index (χ1n) is 12.6. The zero-order chi connectivity index (χ0) is 25.9. The number of nitro benzene ring substituents is 2. The normalized spacial score (nSPS) is 25.7. The summed E-state index contributed by atoms with van der Waals surface area (Å²) in [6.45, 7) is 1.33. The molecule has 0 atom stereocenters. The van der Waals surface area contributed by atoms with Crippen LogP contribution < -0.4 is 5.32 Å². The number of nitro groups is 2. The van der Waals surface area contributed by atoms with Gasteiger partial charge in [-0.05, 0) is 75.3 Å². The van der Waals surface area contributed by atoms with Crippen LogP contribution in [0.1, 0.15) is 60.1 Å². The second-order valence-corrected chi connectivity index (χ2v) is 11.0. The van der Waals surface area contributed by atoms with E-state index in [1.165, 1.54) is 38.3 Å². The molecule has 0 saturated heterocycles. The zero-order valence-corrected chi connectivity index (χ0v) is 20.4. The SMILES string of the molecule is Cc1c([N+](=O)[O-])cc(NC(=O)c2cn(-c3ccccc3)nc2C23CC4CC(CC(C4)C2)C3)cc1[N+](=O)[O-]. The molecule has 4 aliphatic carbocycles. The molecule has 1 heterocycles. The van der Waals surface area contributed by atoms with Crippen molar-refractivity contribution in [3.8, 4) is 5.69 Å². The third-order valence-electron chi connectivity index (χ3n) is 8.52. The lowest BCUT2D eigenvalue weighted by Gasteiger charge is -2.56. The zero-order valence-electron chi connectivity index (χ0n) is 20.4. The first kappa shape index (κ1) is 23.3. The van der Waals surface area contributed by atoms with Crippen LogP contribution in [-0.4, -0.2) is 25.5 Å². The number of amides is 1. The smallest absolute Gasteiger partial charge is 0.281 e. The summed E-state index contributed by atoms with van der Waals surface area (Å²) in [6.07, 6.45) is 8.48. The number of benzene rings is 2. The van der Waals surface area contributed by atoms with E-state index in [4.69, 9.17) is 5.10 Å². The van der Waals surface area contributed by atoms with Crippen LogP contribution in [0, 0.1) is 44.9 Å². The number of hydrogen-bond acceptors (Lipinski definition) is 6. The van der Waals surface area contributed by atoms with Crippen LogP contribution in [0.15, 0.2) is 48.7 Å². The van der Waals surface area contributed by atoms with Gasteiger partial charge in [0.2, 0.25) is 0 Å². The van der Waals surface area contributed by atoms with E-state index in [1.54, 1.807) is 10.9 Å². The minimum atomic E-state index is -0.674. The van der Waals surface area contributed by atoms with E-state index in [1.807, 2.05) is 30.3 Å². The van der Waals surface area contributed by atoms with Crippen molar-refractivity contribution >= 4 is 23.0 Å². The first-order chi connectivity index (χ1) is 17.7. The molecule has 0 spiro atoms. The van der Waals surface area contributed by atoms with Gasteiger partial charge in [-0.3, -0.25) is 25.0 Å². The number of aromatic nitrogens is 2. The third-order valence-corrected chi connectivity index (χ3v) is 8.52. The molecule has 1 aromatic heterocycles. The Hall–Kier alpha value is -4.08. The van der Waals surface area contributed by atoms with Gasteiger partial charge in [0, 0.05) is 23.7 Å². The fourth-order valence-corrected chi connectivity index (χ4v) is 7.38. The van der Waals surface area contributed by atoms with Crippen molar-refractivity contribution in [2.45, 2.75) is 50.9 Å². The highest BCUT2D eigenvalue weighted by Gasteiger charge is 2.54. The number of carbonyl (C=O) groups excluding carboxylic acids is 1. The van der Waals surface area contributed by atoms with Crippen molar-refractivity contribution in [3.05, 3.63) is 85.7 Å². The van der Waals surface area contributed by atoms with E-state index < -0.39 is 27.1 Å². The minimum Gasteiger partial charge on any atom is -0.321 e. The summed E-state index contributed by atoms with van der Waals surface area (Å²) in [5.74, 6) is 1.46. The van der Waals surface area contributed by atoms with Gasteiger partial charge in [0.25, 0.3) is 17.3 Å². The Kier molecular flexibility index (Phi) is 5.36. The molecule has 2 aromatic carbocycles. The second-order valence-electron chi connectivity index (χ2n) is 11.0. The first-order valence-corrected chi connectivity index (χ1v) is 12.6. The number of para-hydroxylation sites is 1. The van der Waals surface area contributed by atoms with Crippen molar-refractivity contribution in [1.29, 1.82) is 0 Å². The summed E-state index contributed by atoms with van der Waals surface area (Å²) in [5.41, 5.74) is 0.968. The van der Waals surface area contributed by atoms with Crippen molar-refractivity contribution in [2.24, 2.45) is 17.8 Å². The monoisotopic (exact) mass is 501 g/mol. The van der Waals surface area contributed by atoms with Crippen molar-refractivity contribution < 1.29 is 14.6 Å². The molecule has 4 fully saturated rings. The molecule has 10 nitrogen and oxygen atoms in total. The van der Waals surface area contributed by atoms with Crippen molar-refractivity contribution in [3.63, 3.8) is 0 Å². The highest BCUT2D eigenvalue weighted by atomic mass is 16.6.